The van der Waals surface area contributed by atoms with Crippen LogP contribution >= 0.6 is 0 Å². The number of ether oxygens (including phenoxy) is 3. The number of hydrogen-bond acceptors (Lipinski definition) is 5. The minimum absolute atomic E-state index is 0.00110. The van der Waals surface area contributed by atoms with E-state index in [0.29, 0.717) is 30.3 Å². The molecule has 0 aliphatic carbocycles. The number of para-hydroxylation sites is 2. The first-order valence-electron chi connectivity index (χ1n) is 9.56. The molecule has 1 aliphatic rings. The number of nitrogens with zero attached hydrogens (tertiary/aromatic N) is 2. The molecular weight excluding hydrogens is 370 g/mol. The van der Waals surface area contributed by atoms with Crippen LogP contribution in [-0.4, -0.2) is 63.3 Å². The number of H-pyrrole nitrogens is 1. The fourth-order valence-electron chi connectivity index (χ4n) is 3.79. The van der Waals surface area contributed by atoms with E-state index in [-0.39, 0.29) is 5.91 Å². The Morgan fingerprint density at radius 2 is 1.52 bits per heavy atom. The molecular formula is C22H25N3O4. The van der Waals surface area contributed by atoms with Gasteiger partial charge in [-0.25, -0.2) is 0 Å². The average Bonchev–Trinajstić information content (AvgIpc) is 3.20. The molecule has 4 rings (SSSR count). The third kappa shape index (κ3) is 3.55. The number of nitrogens with one attached hydrogen (secondary N) is 1. The zero-order valence-corrected chi connectivity index (χ0v) is 16.9. The molecule has 0 saturated carbocycles. The summed E-state index contributed by atoms with van der Waals surface area (Å²) in [5, 5.41) is 0.915. The van der Waals surface area contributed by atoms with Crippen molar-refractivity contribution in [2.75, 3.05) is 52.4 Å². The topological polar surface area (TPSA) is 67.0 Å². The van der Waals surface area contributed by atoms with Gasteiger partial charge in [-0.05, 0) is 24.3 Å². The van der Waals surface area contributed by atoms with Gasteiger partial charge in [0.15, 0.2) is 11.5 Å². The van der Waals surface area contributed by atoms with E-state index in [1.165, 1.54) is 0 Å². The van der Waals surface area contributed by atoms with Crippen molar-refractivity contribution in [2.45, 2.75) is 0 Å². The lowest BCUT2D eigenvalue weighted by Gasteiger charge is -2.36. The number of hydrogen-bond donors (Lipinski definition) is 1. The number of aromatic nitrogens is 1. The quantitative estimate of drug-likeness (QED) is 0.719. The Hall–Kier alpha value is -3.35. The maximum Gasteiger partial charge on any atom is 0.270 e. The largest absolute Gasteiger partial charge is 0.495 e. The molecule has 7 nitrogen and oxygen atoms in total. The average molecular weight is 395 g/mol. The van der Waals surface area contributed by atoms with E-state index < -0.39 is 0 Å². The molecule has 1 aromatic heterocycles. The van der Waals surface area contributed by atoms with E-state index in [9.17, 15) is 4.79 Å². The molecule has 1 saturated heterocycles. The second-order valence-electron chi connectivity index (χ2n) is 6.93. The van der Waals surface area contributed by atoms with Gasteiger partial charge in [0.2, 0.25) is 0 Å². The molecule has 0 radical (unpaired) electrons. The summed E-state index contributed by atoms with van der Waals surface area (Å²) in [6.45, 7) is 2.82. The second-order valence-corrected chi connectivity index (χ2v) is 6.93. The van der Waals surface area contributed by atoms with Crippen LogP contribution in [0, 0.1) is 0 Å². The summed E-state index contributed by atoms with van der Waals surface area (Å²) in [6.07, 6.45) is 0. The van der Waals surface area contributed by atoms with Gasteiger partial charge < -0.3 is 29.0 Å². The fraction of sp³-hybridized carbons (Fsp3) is 0.318. The highest BCUT2D eigenvalue weighted by Gasteiger charge is 2.25. The summed E-state index contributed by atoms with van der Waals surface area (Å²) in [6, 6.07) is 13.6. The summed E-state index contributed by atoms with van der Waals surface area (Å²) >= 11 is 0. The Labute approximate surface area is 169 Å². The van der Waals surface area contributed by atoms with Crippen LogP contribution in [0.15, 0.2) is 42.5 Å². The zero-order chi connectivity index (χ0) is 20.4. The lowest BCUT2D eigenvalue weighted by Crippen LogP contribution is -2.49. The molecule has 7 heteroatoms. The van der Waals surface area contributed by atoms with Crippen LogP contribution in [0.5, 0.6) is 17.2 Å². The molecule has 1 fully saturated rings. The minimum Gasteiger partial charge on any atom is -0.495 e. The Morgan fingerprint density at radius 1 is 0.862 bits per heavy atom. The van der Waals surface area contributed by atoms with E-state index >= 15 is 0 Å². The van der Waals surface area contributed by atoms with E-state index in [2.05, 4.69) is 16.0 Å². The number of carbonyl (C=O) groups excluding carboxylic acids is 1. The highest BCUT2D eigenvalue weighted by Crippen LogP contribution is 2.33. The highest BCUT2D eigenvalue weighted by atomic mass is 16.5. The number of anilines is 1. The number of piperazine rings is 1. The van der Waals surface area contributed by atoms with Gasteiger partial charge >= 0.3 is 0 Å². The van der Waals surface area contributed by atoms with Crippen LogP contribution in [0.2, 0.25) is 0 Å². The smallest absolute Gasteiger partial charge is 0.270 e. The second kappa shape index (κ2) is 7.95. The zero-order valence-electron chi connectivity index (χ0n) is 16.9. The van der Waals surface area contributed by atoms with Crippen molar-refractivity contribution in [3.05, 3.63) is 48.2 Å². The van der Waals surface area contributed by atoms with Crippen molar-refractivity contribution >= 4 is 22.5 Å². The molecule has 2 aromatic carbocycles. The summed E-state index contributed by atoms with van der Waals surface area (Å²) in [5.41, 5.74) is 2.48. The van der Waals surface area contributed by atoms with Crippen LogP contribution < -0.4 is 19.1 Å². The maximum absolute atomic E-state index is 13.0. The Kier molecular flexibility index (Phi) is 5.20. The lowest BCUT2D eigenvalue weighted by molar-refractivity contribution is 0.0741. The normalized spacial score (nSPS) is 14.2. The predicted molar refractivity (Wildman–Crippen MR) is 113 cm³/mol. The van der Waals surface area contributed by atoms with Crippen molar-refractivity contribution in [2.24, 2.45) is 0 Å². The predicted octanol–water partition coefficient (Wildman–Crippen LogP) is 3.16. The van der Waals surface area contributed by atoms with Gasteiger partial charge in [0.25, 0.3) is 5.91 Å². The van der Waals surface area contributed by atoms with Gasteiger partial charge in [0.1, 0.15) is 11.4 Å². The molecule has 1 N–H and O–H groups in total. The molecule has 1 aliphatic heterocycles. The third-order valence-corrected chi connectivity index (χ3v) is 5.35. The number of benzene rings is 2. The number of amides is 1. The Balaban J connectivity index is 1.49. The molecule has 152 valence electrons. The molecule has 0 spiro atoms. The first-order chi connectivity index (χ1) is 14.1. The highest BCUT2D eigenvalue weighted by molar-refractivity contribution is 5.98. The minimum atomic E-state index is -0.00110. The van der Waals surface area contributed by atoms with Crippen molar-refractivity contribution in [1.29, 1.82) is 0 Å². The van der Waals surface area contributed by atoms with Crippen molar-refractivity contribution < 1.29 is 19.0 Å². The van der Waals surface area contributed by atoms with Gasteiger partial charge in [-0.15, -0.1) is 0 Å². The van der Waals surface area contributed by atoms with Gasteiger partial charge in [-0.1, -0.05) is 12.1 Å². The molecule has 29 heavy (non-hydrogen) atoms. The number of rotatable bonds is 5. The first-order valence-corrected chi connectivity index (χ1v) is 9.56. The van der Waals surface area contributed by atoms with Crippen molar-refractivity contribution in [3.8, 4) is 17.2 Å². The van der Waals surface area contributed by atoms with E-state index in [1.807, 2.05) is 41.3 Å². The molecule has 2 heterocycles. The van der Waals surface area contributed by atoms with Gasteiger partial charge in [0.05, 0.1) is 27.0 Å². The molecule has 0 bridgehead atoms. The molecule has 0 unspecified atom stereocenters. The van der Waals surface area contributed by atoms with Gasteiger partial charge in [-0.2, -0.15) is 0 Å². The third-order valence-electron chi connectivity index (χ3n) is 5.35. The van der Waals surface area contributed by atoms with E-state index in [4.69, 9.17) is 14.2 Å². The standard InChI is InChI=1S/C22H25N3O4/c1-27-19-7-5-4-6-18(19)24-8-10-25(11-9-24)22(26)17-12-15-13-20(28-2)21(29-3)14-16(15)23-17/h4-7,12-14,23H,8-11H2,1-3H3. The Morgan fingerprint density at radius 3 is 2.21 bits per heavy atom. The SMILES string of the molecule is COc1cc2cc(C(=O)N3CCN(c4ccccc4OC)CC3)[nH]c2cc1OC. The fourth-order valence-corrected chi connectivity index (χ4v) is 3.79. The summed E-state index contributed by atoms with van der Waals surface area (Å²) in [4.78, 5) is 20.4. The van der Waals surface area contributed by atoms with E-state index in [0.717, 1.165) is 35.4 Å². The number of fused-ring (bicyclic) bond motifs is 1. The summed E-state index contributed by atoms with van der Waals surface area (Å²) in [5.74, 6) is 2.12. The number of methoxy groups -OCH3 is 3. The molecule has 1 amide bonds. The maximum atomic E-state index is 13.0. The molecule has 3 aromatic rings. The van der Waals surface area contributed by atoms with Crippen LogP contribution in [-0.2, 0) is 0 Å². The van der Waals surface area contributed by atoms with E-state index in [1.54, 1.807) is 21.3 Å². The van der Waals surface area contributed by atoms with Crippen molar-refractivity contribution in [1.82, 2.24) is 9.88 Å². The molecule has 0 atom stereocenters. The summed E-state index contributed by atoms with van der Waals surface area (Å²) < 4.78 is 16.2. The number of carbonyl (C=O) groups is 1. The van der Waals surface area contributed by atoms with Crippen LogP contribution in [0.4, 0.5) is 5.69 Å². The van der Waals surface area contributed by atoms with Crippen LogP contribution in [0.3, 0.4) is 0 Å². The Bertz CT molecular complexity index is 981. The van der Waals surface area contributed by atoms with Crippen LogP contribution in [0.25, 0.3) is 10.9 Å². The lowest BCUT2D eigenvalue weighted by atomic mass is 10.2. The monoisotopic (exact) mass is 395 g/mol. The van der Waals surface area contributed by atoms with Gasteiger partial charge in [0, 0.05) is 43.1 Å². The number of aromatic amines is 1. The first kappa shape index (κ1) is 19.0. The summed E-state index contributed by atoms with van der Waals surface area (Å²) in [7, 11) is 4.88. The van der Waals surface area contributed by atoms with Gasteiger partial charge in [-0.3, -0.25) is 4.79 Å². The van der Waals surface area contributed by atoms with Crippen LogP contribution in [0.1, 0.15) is 10.5 Å². The van der Waals surface area contributed by atoms with Crippen molar-refractivity contribution in [3.63, 3.8) is 0 Å².